The second-order valence-electron chi connectivity index (χ2n) is 5.59. The molecule has 0 radical (unpaired) electrons. The van der Waals surface area contributed by atoms with E-state index in [0.29, 0.717) is 5.75 Å². The maximum absolute atomic E-state index is 12.5. The summed E-state index contributed by atoms with van der Waals surface area (Å²) in [6.07, 6.45) is 13.1. The highest BCUT2D eigenvalue weighted by atomic mass is 32.2. The molecule has 1 aliphatic heterocycles. The standard InChI is InChI=1S/C19H16N2O2S2/c22-18(13-24-19-20-15-8-4-5-9-17(15)25-19)21-10-11-23-16(12-21)14-6-2-1-3-7-14/h1-2,4-6,8-12H,3,7,13H2. The van der Waals surface area contributed by atoms with E-state index in [-0.39, 0.29) is 5.91 Å². The average Bonchev–Trinajstić information content (AvgIpc) is 3.10. The summed E-state index contributed by atoms with van der Waals surface area (Å²) in [6, 6.07) is 8.01. The van der Waals surface area contributed by atoms with Crippen LogP contribution in [0.3, 0.4) is 0 Å². The molecule has 0 spiro atoms. The molecule has 1 aliphatic carbocycles. The molecule has 126 valence electrons. The molecule has 2 aliphatic rings. The fourth-order valence-corrected chi connectivity index (χ4v) is 4.54. The number of aromatic nitrogens is 1. The van der Waals surface area contributed by atoms with Crippen LogP contribution in [0.4, 0.5) is 0 Å². The fourth-order valence-electron chi connectivity index (χ4n) is 2.60. The van der Waals surface area contributed by atoms with Gasteiger partial charge < -0.3 is 4.74 Å². The van der Waals surface area contributed by atoms with E-state index in [1.165, 1.54) is 11.8 Å². The zero-order chi connectivity index (χ0) is 17.1. The molecule has 0 atom stereocenters. The summed E-state index contributed by atoms with van der Waals surface area (Å²) in [6.45, 7) is 0. The molecule has 1 aromatic carbocycles. The topological polar surface area (TPSA) is 42.4 Å². The third-order valence-electron chi connectivity index (χ3n) is 3.88. The first-order chi connectivity index (χ1) is 12.3. The van der Waals surface area contributed by atoms with Gasteiger partial charge in [0.25, 0.3) is 0 Å². The maximum atomic E-state index is 12.5. The highest BCUT2D eigenvalue weighted by molar-refractivity contribution is 8.01. The van der Waals surface area contributed by atoms with Crippen molar-refractivity contribution in [2.24, 2.45) is 0 Å². The van der Waals surface area contributed by atoms with Gasteiger partial charge in [-0.1, -0.05) is 42.1 Å². The Morgan fingerprint density at radius 2 is 2.28 bits per heavy atom. The number of fused-ring (bicyclic) bond motifs is 1. The van der Waals surface area contributed by atoms with Gasteiger partial charge >= 0.3 is 0 Å². The summed E-state index contributed by atoms with van der Waals surface area (Å²) in [5, 5.41) is 0. The normalized spacial score (nSPS) is 16.6. The number of allylic oxidation sites excluding steroid dienone is 4. The first-order valence-electron chi connectivity index (χ1n) is 8.00. The van der Waals surface area contributed by atoms with Crippen LogP contribution in [0.5, 0.6) is 0 Å². The van der Waals surface area contributed by atoms with E-state index in [0.717, 1.165) is 38.7 Å². The largest absolute Gasteiger partial charge is 0.462 e. The summed E-state index contributed by atoms with van der Waals surface area (Å²) in [4.78, 5) is 18.7. The summed E-state index contributed by atoms with van der Waals surface area (Å²) in [5.74, 6) is 1.09. The van der Waals surface area contributed by atoms with Crippen LogP contribution in [0.1, 0.15) is 12.8 Å². The molecule has 0 bridgehead atoms. The number of nitrogens with zero attached hydrogens (tertiary/aromatic N) is 2. The van der Waals surface area contributed by atoms with Crippen LogP contribution in [0.2, 0.25) is 0 Å². The Hall–Kier alpha value is -2.31. The van der Waals surface area contributed by atoms with E-state index in [4.69, 9.17) is 4.74 Å². The van der Waals surface area contributed by atoms with Crippen LogP contribution < -0.4 is 0 Å². The zero-order valence-corrected chi connectivity index (χ0v) is 15.1. The van der Waals surface area contributed by atoms with Crippen LogP contribution in [0, 0.1) is 0 Å². The van der Waals surface area contributed by atoms with Crippen LogP contribution in [-0.4, -0.2) is 21.5 Å². The number of ether oxygens (including phenoxy) is 1. The monoisotopic (exact) mass is 368 g/mol. The van der Waals surface area contributed by atoms with E-state index < -0.39 is 0 Å². The minimum Gasteiger partial charge on any atom is -0.462 e. The second-order valence-corrected chi connectivity index (χ2v) is 7.85. The van der Waals surface area contributed by atoms with Gasteiger partial charge in [-0.2, -0.15) is 0 Å². The number of carbonyl (C=O) groups excluding carboxylic acids is 1. The molecular formula is C19H16N2O2S2. The fraction of sp³-hybridized carbons (Fsp3) is 0.158. The van der Waals surface area contributed by atoms with Crippen molar-refractivity contribution in [1.82, 2.24) is 9.88 Å². The van der Waals surface area contributed by atoms with Crippen LogP contribution in [0.15, 0.2) is 76.8 Å². The predicted molar refractivity (Wildman–Crippen MR) is 102 cm³/mol. The van der Waals surface area contributed by atoms with Gasteiger partial charge in [0.1, 0.15) is 12.0 Å². The first-order valence-corrected chi connectivity index (χ1v) is 9.80. The van der Waals surface area contributed by atoms with Crippen molar-refractivity contribution in [3.05, 3.63) is 72.5 Å². The smallest absolute Gasteiger partial charge is 0.241 e. The number of thiazole rings is 1. The van der Waals surface area contributed by atoms with Gasteiger partial charge in [0.05, 0.1) is 22.2 Å². The number of rotatable bonds is 4. The molecule has 0 unspecified atom stereocenters. The Balaban J connectivity index is 1.42. The lowest BCUT2D eigenvalue weighted by molar-refractivity contribution is -0.124. The third-order valence-corrected chi connectivity index (χ3v) is 6.05. The van der Waals surface area contributed by atoms with E-state index in [1.54, 1.807) is 34.9 Å². The summed E-state index contributed by atoms with van der Waals surface area (Å²) >= 11 is 3.09. The Bertz CT molecular complexity index is 891. The van der Waals surface area contributed by atoms with Crippen LogP contribution in [0.25, 0.3) is 10.2 Å². The summed E-state index contributed by atoms with van der Waals surface area (Å²) in [5.41, 5.74) is 2.09. The van der Waals surface area contributed by atoms with Gasteiger partial charge in [0.15, 0.2) is 4.34 Å². The highest BCUT2D eigenvalue weighted by Crippen LogP contribution is 2.30. The Morgan fingerprint density at radius 3 is 3.12 bits per heavy atom. The van der Waals surface area contributed by atoms with Crippen LogP contribution >= 0.6 is 23.1 Å². The van der Waals surface area contributed by atoms with Gasteiger partial charge in [-0.05, 0) is 30.5 Å². The molecule has 0 N–H and O–H groups in total. The minimum absolute atomic E-state index is 0.00765. The maximum Gasteiger partial charge on any atom is 0.241 e. The molecule has 4 rings (SSSR count). The number of hydrogen-bond acceptors (Lipinski definition) is 5. The lowest BCUT2D eigenvalue weighted by atomic mass is 10.0. The molecule has 0 saturated carbocycles. The quantitative estimate of drug-likeness (QED) is 0.725. The lowest BCUT2D eigenvalue weighted by Gasteiger charge is -2.21. The number of para-hydroxylation sites is 1. The predicted octanol–water partition coefficient (Wildman–Crippen LogP) is 4.84. The van der Waals surface area contributed by atoms with E-state index in [2.05, 4.69) is 11.1 Å². The van der Waals surface area contributed by atoms with Gasteiger partial charge in [-0.3, -0.25) is 9.69 Å². The minimum atomic E-state index is 0.00765. The van der Waals surface area contributed by atoms with Gasteiger partial charge in [0.2, 0.25) is 5.91 Å². The van der Waals surface area contributed by atoms with Crippen molar-refractivity contribution >= 4 is 39.2 Å². The number of benzene rings is 1. The Kier molecular flexibility index (Phi) is 4.72. The molecule has 1 aromatic heterocycles. The van der Waals surface area contributed by atoms with Crippen LogP contribution in [-0.2, 0) is 9.53 Å². The summed E-state index contributed by atoms with van der Waals surface area (Å²) < 4.78 is 7.62. The van der Waals surface area contributed by atoms with Crippen molar-refractivity contribution in [2.45, 2.75) is 17.2 Å². The molecule has 4 nitrogen and oxygen atoms in total. The molecule has 1 amide bonds. The van der Waals surface area contributed by atoms with E-state index in [9.17, 15) is 4.79 Å². The van der Waals surface area contributed by atoms with E-state index >= 15 is 0 Å². The molecule has 2 heterocycles. The number of carbonyl (C=O) groups is 1. The molecule has 6 heteroatoms. The number of amides is 1. The Labute approximate surface area is 154 Å². The third kappa shape index (κ3) is 3.70. The zero-order valence-electron chi connectivity index (χ0n) is 13.4. The molecule has 25 heavy (non-hydrogen) atoms. The number of hydrogen-bond donors (Lipinski definition) is 0. The SMILES string of the molecule is O=C(CSc1nc2ccccc2s1)N1C=COC(C2=CC=CCC2)=C1. The number of thioether (sulfide) groups is 1. The van der Waals surface area contributed by atoms with Crippen molar-refractivity contribution in [3.63, 3.8) is 0 Å². The molecule has 0 saturated heterocycles. The van der Waals surface area contributed by atoms with Crippen molar-refractivity contribution in [3.8, 4) is 0 Å². The van der Waals surface area contributed by atoms with E-state index in [1.807, 2.05) is 36.4 Å². The summed E-state index contributed by atoms with van der Waals surface area (Å²) in [7, 11) is 0. The highest BCUT2D eigenvalue weighted by Gasteiger charge is 2.17. The second kappa shape index (κ2) is 7.29. The van der Waals surface area contributed by atoms with Crippen molar-refractivity contribution in [2.75, 3.05) is 5.75 Å². The lowest BCUT2D eigenvalue weighted by Crippen LogP contribution is -2.24. The average molecular weight is 368 g/mol. The first kappa shape index (κ1) is 16.2. The Morgan fingerprint density at radius 1 is 1.36 bits per heavy atom. The van der Waals surface area contributed by atoms with Crippen molar-refractivity contribution < 1.29 is 9.53 Å². The molecular weight excluding hydrogens is 352 g/mol. The van der Waals surface area contributed by atoms with Gasteiger partial charge in [0, 0.05) is 6.20 Å². The molecule has 2 aromatic rings. The van der Waals surface area contributed by atoms with Gasteiger partial charge in [-0.25, -0.2) is 4.98 Å². The van der Waals surface area contributed by atoms with Gasteiger partial charge in [-0.15, -0.1) is 11.3 Å². The molecule has 0 fully saturated rings. The van der Waals surface area contributed by atoms with Crippen molar-refractivity contribution in [1.29, 1.82) is 0 Å².